The zero-order valence-corrected chi connectivity index (χ0v) is 9.01. The molecule has 15 heavy (non-hydrogen) atoms. The van der Waals surface area contributed by atoms with Crippen LogP contribution in [0, 0.1) is 17.7 Å². The van der Waals surface area contributed by atoms with Crippen molar-refractivity contribution in [2.75, 3.05) is 5.32 Å². The lowest BCUT2D eigenvalue weighted by molar-refractivity contribution is -0.117. The number of rotatable bonds is 2. The first-order chi connectivity index (χ1) is 7.09. The fourth-order valence-electron chi connectivity index (χ4n) is 1.51. The summed E-state index contributed by atoms with van der Waals surface area (Å²) in [5, 5.41) is 2.57. The molecule has 2 nitrogen and oxygen atoms in total. The predicted molar refractivity (Wildman–Crippen MR) is 57.3 cm³/mol. The molecule has 0 heterocycles. The Morgan fingerprint density at radius 1 is 1.60 bits per heavy atom. The van der Waals surface area contributed by atoms with E-state index in [1.54, 1.807) is 6.07 Å². The van der Waals surface area contributed by atoms with Gasteiger partial charge < -0.3 is 5.32 Å². The molecular formula is C11H11ClFNO. The van der Waals surface area contributed by atoms with Gasteiger partial charge in [-0.25, -0.2) is 4.39 Å². The number of carbonyl (C=O) groups excluding carboxylic acids is 1. The minimum atomic E-state index is -0.569. The maximum atomic E-state index is 13.4. The third-order valence-electron chi connectivity index (χ3n) is 2.66. The Hall–Kier alpha value is -1.09. The van der Waals surface area contributed by atoms with Crippen molar-refractivity contribution in [3.63, 3.8) is 0 Å². The van der Waals surface area contributed by atoms with Crippen molar-refractivity contribution >= 4 is 23.2 Å². The molecule has 2 rings (SSSR count). The minimum Gasteiger partial charge on any atom is -0.323 e. The molecule has 1 aromatic rings. The first-order valence-corrected chi connectivity index (χ1v) is 5.22. The van der Waals surface area contributed by atoms with Gasteiger partial charge in [0.25, 0.3) is 0 Å². The van der Waals surface area contributed by atoms with Gasteiger partial charge >= 0.3 is 0 Å². The first kappa shape index (κ1) is 10.4. The molecule has 0 spiro atoms. The van der Waals surface area contributed by atoms with Crippen molar-refractivity contribution in [2.45, 2.75) is 13.3 Å². The number of carbonyl (C=O) groups is 1. The van der Waals surface area contributed by atoms with Crippen LogP contribution in [0.2, 0.25) is 5.02 Å². The highest BCUT2D eigenvalue weighted by Gasteiger charge is 2.39. The van der Waals surface area contributed by atoms with Gasteiger partial charge in [0.15, 0.2) is 5.82 Å². The Morgan fingerprint density at radius 3 is 2.87 bits per heavy atom. The second-order valence-electron chi connectivity index (χ2n) is 3.91. The van der Waals surface area contributed by atoms with Gasteiger partial charge in [0.05, 0.1) is 10.7 Å². The smallest absolute Gasteiger partial charge is 0.227 e. The Bertz CT molecular complexity index is 408. The summed E-state index contributed by atoms with van der Waals surface area (Å²) in [7, 11) is 0. The normalized spacial score (nSPS) is 23.7. The van der Waals surface area contributed by atoms with Crippen LogP contribution in [0.15, 0.2) is 18.2 Å². The fraction of sp³-hybridized carbons (Fsp3) is 0.364. The molecule has 0 aliphatic heterocycles. The quantitative estimate of drug-likeness (QED) is 0.827. The van der Waals surface area contributed by atoms with E-state index in [0.717, 1.165) is 6.42 Å². The van der Waals surface area contributed by atoms with Gasteiger partial charge in [-0.2, -0.15) is 0 Å². The number of benzene rings is 1. The number of halogens is 2. The summed E-state index contributed by atoms with van der Waals surface area (Å²) in [6, 6.07) is 4.57. The van der Waals surface area contributed by atoms with Crippen LogP contribution in [0.4, 0.5) is 10.1 Å². The van der Waals surface area contributed by atoms with Gasteiger partial charge in [0.2, 0.25) is 5.91 Å². The summed E-state index contributed by atoms with van der Waals surface area (Å²) in [5.74, 6) is -0.250. The third-order valence-corrected chi connectivity index (χ3v) is 2.95. The van der Waals surface area contributed by atoms with Crippen LogP contribution in [0.25, 0.3) is 0 Å². The standard InChI is InChI=1S/C11H11ClFNO/c1-6-5-7(6)11(15)14-9-4-2-3-8(12)10(9)13/h2-4,6-7H,5H2,1H3,(H,14,15). The van der Waals surface area contributed by atoms with Crippen LogP contribution in [-0.2, 0) is 4.79 Å². The molecule has 0 aromatic heterocycles. The molecule has 2 unspecified atom stereocenters. The van der Waals surface area contributed by atoms with E-state index < -0.39 is 5.82 Å². The second-order valence-corrected chi connectivity index (χ2v) is 4.32. The van der Waals surface area contributed by atoms with Crippen LogP contribution < -0.4 is 5.32 Å². The lowest BCUT2D eigenvalue weighted by atomic mass is 10.2. The van der Waals surface area contributed by atoms with E-state index in [9.17, 15) is 9.18 Å². The topological polar surface area (TPSA) is 29.1 Å². The van der Waals surface area contributed by atoms with Gasteiger partial charge in [0, 0.05) is 5.92 Å². The first-order valence-electron chi connectivity index (χ1n) is 4.84. The molecule has 1 fully saturated rings. The molecule has 1 amide bonds. The van der Waals surface area contributed by atoms with Gasteiger partial charge in [0.1, 0.15) is 0 Å². The monoisotopic (exact) mass is 227 g/mol. The Kier molecular flexibility index (Phi) is 2.65. The lowest BCUT2D eigenvalue weighted by Crippen LogP contribution is -2.15. The fourth-order valence-corrected chi connectivity index (χ4v) is 1.69. The maximum Gasteiger partial charge on any atom is 0.227 e. The molecule has 4 heteroatoms. The molecule has 1 aromatic carbocycles. The van der Waals surface area contributed by atoms with Crippen LogP contribution in [0.1, 0.15) is 13.3 Å². The van der Waals surface area contributed by atoms with Crippen molar-refractivity contribution < 1.29 is 9.18 Å². The average molecular weight is 228 g/mol. The summed E-state index contributed by atoms with van der Waals surface area (Å²) in [6.07, 6.45) is 0.883. The predicted octanol–water partition coefficient (Wildman–Crippen LogP) is 3.07. The van der Waals surface area contributed by atoms with E-state index >= 15 is 0 Å². The SMILES string of the molecule is CC1CC1C(=O)Nc1cccc(Cl)c1F. The van der Waals surface area contributed by atoms with Crippen molar-refractivity contribution in [3.8, 4) is 0 Å². The van der Waals surface area contributed by atoms with Crippen molar-refractivity contribution in [1.29, 1.82) is 0 Å². The van der Waals surface area contributed by atoms with Gasteiger partial charge in [-0.05, 0) is 24.5 Å². The average Bonchev–Trinajstić information content (AvgIpc) is 2.91. The Balaban J connectivity index is 2.10. The molecule has 0 bridgehead atoms. The van der Waals surface area contributed by atoms with Gasteiger partial charge in [-0.1, -0.05) is 24.6 Å². The summed E-state index contributed by atoms with van der Waals surface area (Å²) >= 11 is 5.59. The molecule has 0 radical (unpaired) electrons. The van der Waals surface area contributed by atoms with Crippen LogP contribution in [-0.4, -0.2) is 5.91 Å². The summed E-state index contributed by atoms with van der Waals surface area (Å²) < 4.78 is 13.4. The molecule has 1 saturated carbocycles. The summed E-state index contributed by atoms with van der Waals surface area (Å²) in [4.78, 5) is 11.5. The molecule has 1 N–H and O–H groups in total. The van der Waals surface area contributed by atoms with Crippen molar-refractivity contribution in [2.24, 2.45) is 11.8 Å². The highest BCUT2D eigenvalue weighted by molar-refractivity contribution is 6.31. The van der Waals surface area contributed by atoms with Crippen LogP contribution in [0.5, 0.6) is 0 Å². The largest absolute Gasteiger partial charge is 0.323 e. The highest BCUT2D eigenvalue weighted by atomic mass is 35.5. The lowest BCUT2D eigenvalue weighted by Gasteiger charge is -2.06. The maximum absolute atomic E-state index is 13.4. The zero-order chi connectivity index (χ0) is 11.0. The molecule has 0 saturated heterocycles. The molecule has 80 valence electrons. The summed E-state index contributed by atoms with van der Waals surface area (Å²) in [6.45, 7) is 2.00. The van der Waals surface area contributed by atoms with E-state index in [4.69, 9.17) is 11.6 Å². The van der Waals surface area contributed by atoms with E-state index in [1.165, 1.54) is 12.1 Å². The molecular weight excluding hydrogens is 217 g/mol. The number of amides is 1. The molecule has 1 aliphatic rings. The van der Waals surface area contributed by atoms with Crippen molar-refractivity contribution in [1.82, 2.24) is 0 Å². The Labute approximate surface area is 92.4 Å². The highest BCUT2D eigenvalue weighted by Crippen LogP contribution is 2.38. The van der Waals surface area contributed by atoms with E-state index in [0.29, 0.717) is 5.92 Å². The minimum absolute atomic E-state index is 0.0247. The number of nitrogens with one attached hydrogen (secondary N) is 1. The van der Waals surface area contributed by atoms with E-state index in [2.05, 4.69) is 5.32 Å². The third kappa shape index (κ3) is 2.12. The second kappa shape index (κ2) is 3.81. The van der Waals surface area contributed by atoms with Gasteiger partial charge in [-0.15, -0.1) is 0 Å². The number of hydrogen-bond donors (Lipinski definition) is 1. The zero-order valence-electron chi connectivity index (χ0n) is 8.26. The van der Waals surface area contributed by atoms with Crippen LogP contribution >= 0.6 is 11.6 Å². The molecule has 2 atom stereocenters. The number of anilines is 1. The van der Waals surface area contributed by atoms with Crippen molar-refractivity contribution in [3.05, 3.63) is 29.0 Å². The number of hydrogen-bond acceptors (Lipinski definition) is 1. The van der Waals surface area contributed by atoms with E-state index in [-0.39, 0.29) is 22.5 Å². The van der Waals surface area contributed by atoms with Gasteiger partial charge in [-0.3, -0.25) is 4.79 Å². The van der Waals surface area contributed by atoms with Crippen LogP contribution in [0.3, 0.4) is 0 Å². The summed E-state index contributed by atoms with van der Waals surface area (Å²) in [5.41, 5.74) is 0.159. The molecule has 1 aliphatic carbocycles. The van der Waals surface area contributed by atoms with E-state index in [1.807, 2.05) is 6.92 Å². The Morgan fingerprint density at radius 2 is 2.27 bits per heavy atom.